The van der Waals surface area contributed by atoms with E-state index in [2.05, 4.69) is 21.5 Å². The lowest BCUT2D eigenvalue weighted by Gasteiger charge is -2.02. The first-order valence-electron chi connectivity index (χ1n) is 4.58. The Morgan fingerprint density at radius 3 is 2.33 bits per heavy atom. The maximum Gasteiger partial charge on any atom is 0.511 e. The number of carbonyl (C=O) groups is 1. The summed E-state index contributed by atoms with van der Waals surface area (Å²) < 4.78 is 36.4. The summed E-state index contributed by atoms with van der Waals surface area (Å²) in [4.78, 5) is 10.7. The normalized spacial score (nSPS) is 10.2. The quantitative estimate of drug-likeness (QED) is 0.285. The van der Waals surface area contributed by atoms with Crippen LogP contribution < -0.4 is 4.74 Å². The fourth-order valence-corrected chi connectivity index (χ4v) is 1.31. The van der Waals surface area contributed by atoms with Crippen molar-refractivity contribution in [1.82, 2.24) is 0 Å². The van der Waals surface area contributed by atoms with Gasteiger partial charge in [0.25, 0.3) is 0 Å². The Hall–Kier alpha value is -1.29. The molecule has 18 heavy (non-hydrogen) atoms. The van der Waals surface area contributed by atoms with E-state index in [1.807, 2.05) is 0 Å². The van der Waals surface area contributed by atoms with Crippen LogP contribution in [0.25, 0.3) is 0 Å². The fourth-order valence-electron chi connectivity index (χ4n) is 0.794. The Kier molecular flexibility index (Phi) is 7.36. The molecule has 0 spiro atoms. The van der Waals surface area contributed by atoms with Gasteiger partial charge in [0, 0.05) is 0 Å². The summed E-state index contributed by atoms with van der Waals surface area (Å²) in [5, 5.41) is 8.25. The zero-order valence-electron chi connectivity index (χ0n) is 9.32. The van der Waals surface area contributed by atoms with Gasteiger partial charge in [0.15, 0.2) is 10.6 Å². The highest BCUT2D eigenvalue weighted by Gasteiger charge is 2.06. The second kappa shape index (κ2) is 7.93. The minimum absolute atomic E-state index is 0.0914. The molecule has 0 fully saturated rings. The van der Waals surface area contributed by atoms with Crippen molar-refractivity contribution in [2.24, 2.45) is 0 Å². The first-order valence-corrected chi connectivity index (χ1v) is 6.41. The maximum absolute atomic E-state index is 10.1. The van der Waals surface area contributed by atoms with E-state index in [9.17, 15) is 17.8 Å². The predicted molar refractivity (Wildman–Crippen MR) is 64.8 cm³/mol. The summed E-state index contributed by atoms with van der Waals surface area (Å²) >= 11 is 3.19. The molecular weight excluding hydrogens is 284 g/mol. The number of rotatable bonds is 3. The van der Waals surface area contributed by atoms with Crippen molar-refractivity contribution in [3.63, 3.8) is 0 Å². The molecule has 1 aromatic carbocycles. The SMILES string of the molecule is CCOS(=O)(=O)[O-].O=C(O)Oc1ccccc1[SH2+]. The monoisotopic (exact) mass is 296 g/mol. The van der Waals surface area contributed by atoms with Gasteiger partial charge in [-0.1, -0.05) is 12.1 Å². The third kappa shape index (κ3) is 8.82. The average molecular weight is 296 g/mol. The molecule has 0 bridgehead atoms. The Labute approximate surface area is 110 Å². The van der Waals surface area contributed by atoms with Crippen molar-refractivity contribution in [1.29, 1.82) is 0 Å². The van der Waals surface area contributed by atoms with Crippen molar-refractivity contribution in [2.45, 2.75) is 11.8 Å². The van der Waals surface area contributed by atoms with Crippen molar-refractivity contribution in [3.05, 3.63) is 24.3 Å². The van der Waals surface area contributed by atoms with E-state index in [-0.39, 0.29) is 6.61 Å². The van der Waals surface area contributed by atoms with Crippen LogP contribution in [0.3, 0.4) is 0 Å². The highest BCUT2D eigenvalue weighted by molar-refractivity contribution is 7.80. The number of ether oxygens (including phenoxy) is 1. The van der Waals surface area contributed by atoms with Gasteiger partial charge in [0.2, 0.25) is 10.4 Å². The molecule has 9 heteroatoms. The highest BCUT2D eigenvalue weighted by Crippen LogP contribution is 2.16. The van der Waals surface area contributed by atoms with Gasteiger partial charge in [0.1, 0.15) is 0 Å². The number of benzene rings is 1. The molecule has 0 aliphatic heterocycles. The summed E-state index contributed by atoms with van der Waals surface area (Å²) in [6, 6.07) is 6.74. The van der Waals surface area contributed by atoms with E-state index in [4.69, 9.17) is 5.11 Å². The molecule has 1 rings (SSSR count). The molecule has 0 aromatic heterocycles. The lowest BCUT2D eigenvalue weighted by atomic mass is 10.3. The number of hydrogen-bond donors (Lipinski definition) is 1. The molecule has 1 N–H and O–H groups in total. The van der Waals surface area contributed by atoms with Gasteiger partial charge >= 0.3 is 6.16 Å². The topological polar surface area (TPSA) is 113 Å². The van der Waals surface area contributed by atoms with E-state index in [0.717, 1.165) is 0 Å². The van der Waals surface area contributed by atoms with Crippen LogP contribution in [-0.2, 0) is 27.2 Å². The first-order chi connectivity index (χ1) is 8.26. The van der Waals surface area contributed by atoms with E-state index < -0.39 is 16.6 Å². The van der Waals surface area contributed by atoms with Crippen molar-refractivity contribution in [2.75, 3.05) is 6.61 Å². The molecule has 0 aliphatic carbocycles. The number of para-hydroxylation sites is 1. The molecular formula is C9H12O7S2. The van der Waals surface area contributed by atoms with Gasteiger partial charge < -0.3 is 14.4 Å². The molecule has 0 radical (unpaired) electrons. The predicted octanol–water partition coefficient (Wildman–Crippen LogP) is 0.597. The number of carboxylic acid groups (broad SMARTS) is 1. The van der Waals surface area contributed by atoms with Crippen LogP contribution in [0, 0.1) is 0 Å². The zero-order chi connectivity index (χ0) is 14.2. The smallest absolute Gasteiger partial charge is 0.511 e. The summed E-state index contributed by atoms with van der Waals surface area (Å²) in [5.41, 5.74) is 0. The van der Waals surface area contributed by atoms with E-state index in [1.165, 1.54) is 6.92 Å². The summed E-state index contributed by atoms with van der Waals surface area (Å²) in [5.74, 6) is 0.302. The molecule has 0 unspecified atom stereocenters. The van der Waals surface area contributed by atoms with Crippen LogP contribution >= 0.6 is 0 Å². The lowest BCUT2D eigenvalue weighted by molar-refractivity contribution is 0.143. The van der Waals surface area contributed by atoms with Gasteiger partial charge in [-0.05, 0) is 31.7 Å². The van der Waals surface area contributed by atoms with Crippen LogP contribution in [-0.4, -0.2) is 30.8 Å². The van der Waals surface area contributed by atoms with Gasteiger partial charge in [-0.3, -0.25) is 4.18 Å². The van der Waals surface area contributed by atoms with Crippen LogP contribution in [0.2, 0.25) is 0 Å². The van der Waals surface area contributed by atoms with Crippen molar-refractivity contribution in [3.8, 4) is 5.75 Å². The van der Waals surface area contributed by atoms with Gasteiger partial charge in [-0.25, -0.2) is 13.2 Å². The van der Waals surface area contributed by atoms with E-state index in [0.29, 0.717) is 10.6 Å². The van der Waals surface area contributed by atoms with E-state index >= 15 is 0 Å². The number of hydrogen-bond acceptors (Lipinski definition) is 6. The molecule has 0 atom stereocenters. The molecule has 1 aromatic rings. The first kappa shape index (κ1) is 16.7. The minimum Gasteiger partial charge on any atom is -0.726 e. The molecule has 0 saturated carbocycles. The summed E-state index contributed by atoms with van der Waals surface area (Å²) in [6.07, 6.45) is -1.31. The zero-order valence-corrected chi connectivity index (χ0v) is 11.1. The fraction of sp³-hybridized carbons (Fsp3) is 0.222. The highest BCUT2D eigenvalue weighted by atomic mass is 32.3. The van der Waals surface area contributed by atoms with Crippen molar-refractivity contribution < 1.29 is 31.8 Å². The van der Waals surface area contributed by atoms with Crippen LogP contribution in [0.5, 0.6) is 5.75 Å². The van der Waals surface area contributed by atoms with E-state index in [1.54, 1.807) is 24.3 Å². The molecule has 7 nitrogen and oxygen atoms in total. The van der Waals surface area contributed by atoms with Gasteiger partial charge in [-0.15, -0.1) is 0 Å². The second-order valence-electron chi connectivity index (χ2n) is 2.68. The molecule has 0 aliphatic rings. The Morgan fingerprint density at radius 1 is 1.44 bits per heavy atom. The lowest BCUT2D eigenvalue weighted by Crippen LogP contribution is -2.03. The Balaban J connectivity index is 0.000000360. The molecule has 0 amide bonds. The largest absolute Gasteiger partial charge is 0.726 e. The van der Waals surface area contributed by atoms with Crippen LogP contribution in [0.1, 0.15) is 6.92 Å². The summed E-state index contributed by atoms with van der Waals surface area (Å²) in [7, 11) is -4.42. The maximum atomic E-state index is 10.1. The molecule has 0 saturated heterocycles. The minimum atomic E-state index is -4.42. The van der Waals surface area contributed by atoms with Gasteiger partial charge in [-0.2, -0.15) is 0 Å². The van der Waals surface area contributed by atoms with Crippen LogP contribution in [0.4, 0.5) is 4.79 Å². The van der Waals surface area contributed by atoms with Crippen LogP contribution in [0.15, 0.2) is 29.2 Å². The third-order valence-electron chi connectivity index (χ3n) is 1.35. The van der Waals surface area contributed by atoms with Gasteiger partial charge in [0.05, 0.1) is 6.61 Å². The average Bonchev–Trinajstić information content (AvgIpc) is 2.20. The molecule has 0 heterocycles. The Morgan fingerprint density at radius 2 is 2.00 bits per heavy atom. The standard InChI is InChI=1S/C7H6O3S.C2H6O4S/c8-7(9)10-5-3-1-2-4-6(5)11;1-2-6-7(3,4)5/h1-4,11H,(H,8,9);2H2,1H3,(H,3,4,5). The summed E-state index contributed by atoms with van der Waals surface area (Å²) in [6.45, 7) is 1.33. The third-order valence-corrected chi connectivity index (χ3v) is 2.28. The van der Waals surface area contributed by atoms with Crippen molar-refractivity contribution >= 4 is 29.2 Å². The second-order valence-corrected chi connectivity index (χ2v) is 4.27. The Bertz CT molecular complexity index is 483. The molecule has 102 valence electrons.